The summed E-state index contributed by atoms with van der Waals surface area (Å²) in [6.07, 6.45) is 0.997. The Labute approximate surface area is 138 Å². The van der Waals surface area contributed by atoms with Crippen LogP contribution in [-0.2, 0) is 13.0 Å². The van der Waals surface area contributed by atoms with Crippen molar-refractivity contribution in [1.82, 2.24) is 4.90 Å². The molecule has 0 bridgehead atoms. The van der Waals surface area contributed by atoms with Gasteiger partial charge in [-0.15, -0.1) is 0 Å². The molecule has 0 saturated carbocycles. The van der Waals surface area contributed by atoms with E-state index in [1.807, 2.05) is 13.8 Å². The van der Waals surface area contributed by atoms with E-state index in [1.54, 1.807) is 0 Å². The summed E-state index contributed by atoms with van der Waals surface area (Å²) < 4.78 is 1.15. The van der Waals surface area contributed by atoms with Crippen LogP contribution in [0.25, 0.3) is 0 Å². The van der Waals surface area contributed by atoms with Crippen molar-refractivity contribution in [2.24, 2.45) is 0 Å². The van der Waals surface area contributed by atoms with Gasteiger partial charge in [0, 0.05) is 11.0 Å². The zero-order chi connectivity index (χ0) is 15.8. The van der Waals surface area contributed by atoms with Crippen molar-refractivity contribution in [1.29, 1.82) is 0 Å². The predicted molar refractivity (Wildman–Crippen MR) is 96.9 cm³/mol. The summed E-state index contributed by atoms with van der Waals surface area (Å²) in [6, 6.07) is 15.4. The molecule has 0 heterocycles. The first-order chi connectivity index (χ1) is 10.0. The second kappa shape index (κ2) is 9.01. The van der Waals surface area contributed by atoms with E-state index >= 15 is 0 Å². The Hall–Kier alpha value is -1.12. The number of aryl methyl sites for hydroxylation is 1. The van der Waals surface area contributed by atoms with Gasteiger partial charge in [-0.05, 0) is 56.3 Å². The molecular weight excluding hydrogens is 322 g/mol. The van der Waals surface area contributed by atoms with Crippen LogP contribution in [0.5, 0.6) is 0 Å². The SMILES string of the molecule is CC.Cc1ccc(Cc2ccc(Br)cc2CN(C)C)cc1. The minimum atomic E-state index is 0.973. The van der Waals surface area contributed by atoms with E-state index in [2.05, 4.69) is 84.3 Å². The van der Waals surface area contributed by atoms with Gasteiger partial charge in [0.15, 0.2) is 0 Å². The second-order valence-corrected chi connectivity index (χ2v) is 6.23. The Bertz CT molecular complexity index is 544. The smallest absolute Gasteiger partial charge is 0.0230 e. The fourth-order valence-corrected chi connectivity index (χ4v) is 2.59. The number of halogens is 1. The van der Waals surface area contributed by atoms with Crippen LogP contribution in [0.15, 0.2) is 46.9 Å². The highest BCUT2D eigenvalue weighted by atomic mass is 79.9. The van der Waals surface area contributed by atoms with Gasteiger partial charge in [0.25, 0.3) is 0 Å². The zero-order valence-corrected chi connectivity index (χ0v) is 15.4. The van der Waals surface area contributed by atoms with E-state index in [0.717, 1.165) is 17.4 Å². The average Bonchev–Trinajstić information content (AvgIpc) is 2.46. The molecule has 0 aromatic heterocycles. The second-order valence-electron chi connectivity index (χ2n) is 5.31. The van der Waals surface area contributed by atoms with Crippen molar-refractivity contribution in [3.63, 3.8) is 0 Å². The number of rotatable bonds is 4. The summed E-state index contributed by atoms with van der Waals surface area (Å²) in [5, 5.41) is 0. The molecule has 0 N–H and O–H groups in total. The van der Waals surface area contributed by atoms with Crippen LogP contribution < -0.4 is 0 Å². The summed E-state index contributed by atoms with van der Waals surface area (Å²) in [7, 11) is 4.22. The molecule has 0 radical (unpaired) electrons. The number of benzene rings is 2. The standard InChI is InChI=1S/C17H20BrN.C2H6/c1-13-4-6-14(7-5-13)10-15-8-9-17(18)11-16(15)12-19(2)3;1-2/h4-9,11H,10,12H2,1-3H3;1-2H3. The number of hydrogen-bond acceptors (Lipinski definition) is 1. The third-order valence-corrected chi connectivity index (χ3v) is 3.66. The fraction of sp³-hybridized carbons (Fsp3) is 0.368. The molecule has 0 atom stereocenters. The maximum absolute atomic E-state index is 3.56. The van der Waals surface area contributed by atoms with Crippen LogP contribution in [0.3, 0.4) is 0 Å². The average molecular weight is 348 g/mol. The highest BCUT2D eigenvalue weighted by molar-refractivity contribution is 9.10. The van der Waals surface area contributed by atoms with Gasteiger partial charge in [0.05, 0.1) is 0 Å². The van der Waals surface area contributed by atoms with E-state index < -0.39 is 0 Å². The van der Waals surface area contributed by atoms with Gasteiger partial charge in [-0.3, -0.25) is 0 Å². The molecule has 0 spiro atoms. The minimum Gasteiger partial charge on any atom is -0.305 e. The molecule has 2 heteroatoms. The van der Waals surface area contributed by atoms with E-state index in [4.69, 9.17) is 0 Å². The van der Waals surface area contributed by atoms with Crippen LogP contribution in [0.2, 0.25) is 0 Å². The fourth-order valence-electron chi connectivity index (χ4n) is 2.18. The summed E-state index contributed by atoms with van der Waals surface area (Å²) in [5.41, 5.74) is 5.47. The van der Waals surface area contributed by atoms with Gasteiger partial charge in [0.1, 0.15) is 0 Å². The van der Waals surface area contributed by atoms with Gasteiger partial charge in [-0.25, -0.2) is 0 Å². The van der Waals surface area contributed by atoms with Crippen LogP contribution in [0.1, 0.15) is 36.1 Å². The Balaban J connectivity index is 0.00000106. The molecule has 0 saturated heterocycles. The lowest BCUT2D eigenvalue weighted by atomic mass is 9.99. The van der Waals surface area contributed by atoms with Gasteiger partial charge in [-0.1, -0.05) is 65.7 Å². The van der Waals surface area contributed by atoms with Crippen LogP contribution in [0.4, 0.5) is 0 Å². The molecular formula is C19H26BrN. The molecule has 2 aromatic rings. The molecule has 0 unspecified atom stereocenters. The monoisotopic (exact) mass is 347 g/mol. The highest BCUT2D eigenvalue weighted by Crippen LogP contribution is 2.21. The lowest BCUT2D eigenvalue weighted by molar-refractivity contribution is 0.401. The van der Waals surface area contributed by atoms with Gasteiger partial charge in [0.2, 0.25) is 0 Å². The third kappa shape index (κ3) is 6.03. The first kappa shape index (κ1) is 17.9. The van der Waals surface area contributed by atoms with E-state index in [0.29, 0.717) is 0 Å². The van der Waals surface area contributed by atoms with E-state index in [9.17, 15) is 0 Å². The maximum Gasteiger partial charge on any atom is 0.0230 e. The van der Waals surface area contributed by atoms with Gasteiger partial charge < -0.3 is 4.90 Å². The Morgan fingerprint density at radius 2 is 1.52 bits per heavy atom. The minimum absolute atomic E-state index is 0.973. The first-order valence-electron chi connectivity index (χ1n) is 7.52. The van der Waals surface area contributed by atoms with Crippen molar-refractivity contribution in [3.05, 3.63) is 69.2 Å². The van der Waals surface area contributed by atoms with Crippen LogP contribution >= 0.6 is 15.9 Å². The van der Waals surface area contributed by atoms with E-state index in [-0.39, 0.29) is 0 Å². The quantitative estimate of drug-likeness (QED) is 0.711. The molecule has 114 valence electrons. The Kier molecular flexibility index (Phi) is 7.69. The molecule has 2 rings (SSSR count). The van der Waals surface area contributed by atoms with Crippen molar-refractivity contribution in [3.8, 4) is 0 Å². The molecule has 21 heavy (non-hydrogen) atoms. The molecule has 0 aliphatic rings. The van der Waals surface area contributed by atoms with Crippen molar-refractivity contribution in [2.45, 2.75) is 33.7 Å². The van der Waals surface area contributed by atoms with Crippen molar-refractivity contribution >= 4 is 15.9 Å². The summed E-state index contributed by atoms with van der Waals surface area (Å²) in [6.45, 7) is 7.10. The molecule has 2 aromatic carbocycles. The molecule has 0 amide bonds. The Morgan fingerprint density at radius 3 is 2.10 bits per heavy atom. The zero-order valence-electron chi connectivity index (χ0n) is 13.8. The third-order valence-electron chi connectivity index (χ3n) is 3.17. The van der Waals surface area contributed by atoms with Gasteiger partial charge in [-0.2, -0.15) is 0 Å². The highest BCUT2D eigenvalue weighted by Gasteiger charge is 2.06. The normalized spacial score (nSPS) is 10.2. The molecule has 1 nitrogen and oxygen atoms in total. The molecule has 0 fully saturated rings. The summed E-state index contributed by atoms with van der Waals surface area (Å²) >= 11 is 3.56. The number of hydrogen-bond donors (Lipinski definition) is 0. The lowest BCUT2D eigenvalue weighted by Gasteiger charge is -2.15. The molecule has 0 aliphatic carbocycles. The van der Waals surface area contributed by atoms with Crippen LogP contribution in [0, 0.1) is 6.92 Å². The molecule has 0 aliphatic heterocycles. The first-order valence-corrected chi connectivity index (χ1v) is 8.31. The Morgan fingerprint density at radius 1 is 0.905 bits per heavy atom. The topological polar surface area (TPSA) is 3.24 Å². The lowest BCUT2D eigenvalue weighted by Crippen LogP contribution is -2.12. The maximum atomic E-state index is 3.56. The van der Waals surface area contributed by atoms with Crippen molar-refractivity contribution in [2.75, 3.05) is 14.1 Å². The van der Waals surface area contributed by atoms with E-state index in [1.165, 1.54) is 22.3 Å². The number of nitrogens with zero attached hydrogens (tertiary/aromatic N) is 1. The van der Waals surface area contributed by atoms with Crippen molar-refractivity contribution < 1.29 is 0 Å². The van der Waals surface area contributed by atoms with Crippen LogP contribution in [-0.4, -0.2) is 19.0 Å². The van der Waals surface area contributed by atoms with Gasteiger partial charge >= 0.3 is 0 Å². The predicted octanol–water partition coefficient (Wildman–Crippen LogP) is 5.44. The summed E-state index contributed by atoms with van der Waals surface area (Å²) in [5.74, 6) is 0. The largest absolute Gasteiger partial charge is 0.305 e. The summed E-state index contributed by atoms with van der Waals surface area (Å²) in [4.78, 5) is 2.21.